The molecule has 1 fully saturated rings. The molecule has 1 unspecified atom stereocenters. The lowest BCUT2D eigenvalue weighted by Crippen LogP contribution is -2.56. The second kappa shape index (κ2) is 11.9. The number of nitrogens with zero attached hydrogens (tertiary/aromatic N) is 4. The number of benzene rings is 1. The molecule has 0 bridgehead atoms. The SMILES string of the molecule is COc1cc(C(=O)N2[C@@H](c3cnc(Cl)s3)[C@@H](c3cnccn3)CC2(CC(C)C)C(=O)OC(C)(C)C)ccc1C(C)(C)C. The molecule has 42 heavy (non-hydrogen) atoms. The first-order valence-corrected chi connectivity index (χ1v) is 15.4. The van der Waals surface area contributed by atoms with Crippen molar-refractivity contribution in [1.29, 1.82) is 0 Å². The number of rotatable bonds is 7. The van der Waals surface area contributed by atoms with Crippen molar-refractivity contribution in [3.8, 4) is 5.75 Å². The zero-order chi connectivity index (χ0) is 31.0. The lowest BCUT2D eigenvalue weighted by Gasteiger charge is -2.41. The first-order valence-electron chi connectivity index (χ1n) is 14.2. The summed E-state index contributed by atoms with van der Waals surface area (Å²) in [5.41, 5.74) is -0.181. The molecule has 3 aromatic rings. The Bertz CT molecular complexity index is 1430. The maximum absolute atomic E-state index is 14.9. The van der Waals surface area contributed by atoms with Crippen LogP contribution in [0.5, 0.6) is 5.75 Å². The smallest absolute Gasteiger partial charge is 0.332 e. The summed E-state index contributed by atoms with van der Waals surface area (Å²) < 4.78 is 12.2. The number of hydrogen-bond acceptors (Lipinski definition) is 8. The van der Waals surface area contributed by atoms with Gasteiger partial charge < -0.3 is 14.4 Å². The van der Waals surface area contributed by atoms with Gasteiger partial charge in [-0.3, -0.25) is 14.8 Å². The number of aromatic nitrogens is 3. The Balaban J connectivity index is 1.99. The quantitative estimate of drug-likeness (QED) is 0.257. The number of carbonyl (C=O) groups is 2. The summed E-state index contributed by atoms with van der Waals surface area (Å²) in [4.78, 5) is 45.0. The highest BCUT2D eigenvalue weighted by atomic mass is 35.5. The van der Waals surface area contributed by atoms with Crippen LogP contribution >= 0.6 is 22.9 Å². The Kier molecular flexibility index (Phi) is 9.05. The van der Waals surface area contributed by atoms with Crippen LogP contribution in [0.4, 0.5) is 0 Å². The Labute approximate surface area is 257 Å². The summed E-state index contributed by atoms with van der Waals surface area (Å²) in [6.45, 7) is 15.9. The molecule has 0 spiro atoms. The first-order chi connectivity index (χ1) is 19.6. The van der Waals surface area contributed by atoms with Gasteiger partial charge in [0.25, 0.3) is 5.91 Å². The second-order valence-corrected chi connectivity index (χ2v) is 15.0. The average molecular weight is 613 g/mol. The lowest BCUT2D eigenvalue weighted by atomic mass is 9.82. The van der Waals surface area contributed by atoms with Gasteiger partial charge in [0.05, 0.1) is 18.8 Å². The van der Waals surface area contributed by atoms with Crippen LogP contribution in [0.25, 0.3) is 0 Å². The van der Waals surface area contributed by atoms with E-state index in [4.69, 9.17) is 21.1 Å². The molecule has 3 atom stereocenters. The molecule has 0 radical (unpaired) electrons. The van der Waals surface area contributed by atoms with Gasteiger partial charge in [-0.15, -0.1) is 11.3 Å². The van der Waals surface area contributed by atoms with E-state index in [1.165, 1.54) is 11.3 Å². The zero-order valence-electron chi connectivity index (χ0n) is 25.9. The average Bonchev–Trinajstić information content (AvgIpc) is 3.48. The van der Waals surface area contributed by atoms with Crippen LogP contribution in [0.3, 0.4) is 0 Å². The van der Waals surface area contributed by atoms with Gasteiger partial charge >= 0.3 is 5.97 Å². The van der Waals surface area contributed by atoms with Gasteiger partial charge in [-0.1, -0.05) is 52.3 Å². The summed E-state index contributed by atoms with van der Waals surface area (Å²) in [5.74, 6) is -0.427. The van der Waals surface area contributed by atoms with E-state index in [9.17, 15) is 9.59 Å². The largest absolute Gasteiger partial charge is 0.496 e. The summed E-state index contributed by atoms with van der Waals surface area (Å²) >= 11 is 7.64. The number of carbonyl (C=O) groups excluding carboxylic acids is 2. The van der Waals surface area contributed by atoms with E-state index in [0.29, 0.717) is 34.3 Å². The third-order valence-corrected chi connectivity index (χ3v) is 8.61. The molecule has 0 saturated carbocycles. The van der Waals surface area contributed by atoms with Crippen molar-refractivity contribution in [3.63, 3.8) is 0 Å². The van der Waals surface area contributed by atoms with Crippen molar-refractivity contribution >= 4 is 34.8 Å². The van der Waals surface area contributed by atoms with E-state index >= 15 is 0 Å². The molecule has 1 saturated heterocycles. The number of hydrogen-bond donors (Lipinski definition) is 0. The Hall–Kier alpha value is -3.04. The van der Waals surface area contributed by atoms with Gasteiger partial charge in [-0.25, -0.2) is 9.78 Å². The topological polar surface area (TPSA) is 94.5 Å². The van der Waals surface area contributed by atoms with Gasteiger partial charge in [0, 0.05) is 41.1 Å². The predicted molar refractivity (Wildman–Crippen MR) is 165 cm³/mol. The van der Waals surface area contributed by atoms with Crippen molar-refractivity contribution in [2.75, 3.05) is 7.11 Å². The predicted octanol–water partition coefficient (Wildman–Crippen LogP) is 7.39. The Morgan fingerprint density at radius 1 is 1.12 bits per heavy atom. The maximum Gasteiger partial charge on any atom is 0.332 e. The third kappa shape index (κ3) is 6.47. The molecule has 1 amide bonds. The van der Waals surface area contributed by atoms with Gasteiger partial charge in [-0.2, -0.15) is 0 Å². The highest BCUT2D eigenvalue weighted by Gasteiger charge is 2.61. The fourth-order valence-corrected chi connectivity index (χ4v) is 7.03. The Morgan fingerprint density at radius 2 is 1.83 bits per heavy atom. The summed E-state index contributed by atoms with van der Waals surface area (Å²) in [6, 6.07) is 4.93. The van der Waals surface area contributed by atoms with Crippen molar-refractivity contribution in [2.45, 2.75) is 96.7 Å². The normalized spacial score (nSPS) is 21.1. The van der Waals surface area contributed by atoms with E-state index in [0.717, 1.165) is 10.4 Å². The Morgan fingerprint density at radius 3 is 2.36 bits per heavy atom. The molecular formula is C32H41ClN4O4S. The number of methoxy groups -OCH3 is 1. The minimum Gasteiger partial charge on any atom is -0.496 e. The number of amides is 1. The maximum atomic E-state index is 14.9. The molecule has 1 aliphatic heterocycles. The summed E-state index contributed by atoms with van der Waals surface area (Å²) in [7, 11) is 1.60. The number of thiazole rings is 1. The molecule has 0 aliphatic carbocycles. The molecule has 4 rings (SSSR count). The number of esters is 1. The molecule has 3 heterocycles. The van der Waals surface area contributed by atoms with Crippen LogP contribution in [-0.2, 0) is 14.9 Å². The number of likely N-dealkylation sites (tertiary alicyclic amines) is 1. The van der Waals surface area contributed by atoms with Crippen LogP contribution in [0, 0.1) is 5.92 Å². The second-order valence-electron chi connectivity index (χ2n) is 13.4. The molecule has 1 aromatic carbocycles. The highest BCUT2D eigenvalue weighted by Crippen LogP contribution is 2.56. The van der Waals surface area contributed by atoms with Crippen LogP contribution < -0.4 is 4.74 Å². The van der Waals surface area contributed by atoms with E-state index in [-0.39, 0.29) is 23.2 Å². The van der Waals surface area contributed by atoms with Crippen LogP contribution in [-0.4, -0.2) is 50.0 Å². The minimum atomic E-state index is -1.29. The fraction of sp³-hybridized carbons (Fsp3) is 0.531. The molecule has 0 N–H and O–H groups in total. The van der Waals surface area contributed by atoms with Crippen LogP contribution in [0.1, 0.15) is 107 Å². The van der Waals surface area contributed by atoms with E-state index in [1.54, 1.807) is 42.9 Å². The number of halogens is 1. The molecule has 1 aliphatic rings. The first kappa shape index (κ1) is 31.9. The van der Waals surface area contributed by atoms with Crippen LogP contribution in [0.15, 0.2) is 43.0 Å². The van der Waals surface area contributed by atoms with Gasteiger partial charge in [0.15, 0.2) is 4.47 Å². The number of ether oxygens (including phenoxy) is 2. The zero-order valence-corrected chi connectivity index (χ0v) is 27.5. The molecular weight excluding hydrogens is 572 g/mol. The molecule has 226 valence electrons. The van der Waals surface area contributed by atoms with Gasteiger partial charge in [-0.05, 0) is 62.6 Å². The van der Waals surface area contributed by atoms with Crippen molar-refractivity contribution in [2.24, 2.45) is 5.92 Å². The van der Waals surface area contributed by atoms with Crippen molar-refractivity contribution in [1.82, 2.24) is 19.9 Å². The fourth-order valence-electron chi connectivity index (χ4n) is 5.91. The molecule has 10 heteroatoms. The third-order valence-electron chi connectivity index (χ3n) is 7.43. The van der Waals surface area contributed by atoms with Crippen molar-refractivity contribution < 1.29 is 19.1 Å². The van der Waals surface area contributed by atoms with Gasteiger partial charge in [0.1, 0.15) is 16.9 Å². The summed E-state index contributed by atoms with van der Waals surface area (Å²) in [6.07, 6.45) is 7.32. The summed E-state index contributed by atoms with van der Waals surface area (Å²) in [5, 5.41) is 0. The molecule has 2 aromatic heterocycles. The van der Waals surface area contributed by atoms with E-state index in [1.807, 2.05) is 46.8 Å². The van der Waals surface area contributed by atoms with E-state index in [2.05, 4.69) is 35.7 Å². The minimum absolute atomic E-state index is 0.0666. The van der Waals surface area contributed by atoms with E-state index < -0.39 is 23.2 Å². The monoisotopic (exact) mass is 612 g/mol. The lowest BCUT2D eigenvalue weighted by molar-refractivity contribution is -0.168. The van der Waals surface area contributed by atoms with Gasteiger partial charge in [0.2, 0.25) is 0 Å². The standard InChI is InChI=1S/C32H41ClN4O4S/c1-19(2)15-32(28(39)41-31(6,7)8)16-21(23-17-34-12-13-35-23)26(25-18-36-29(33)42-25)37(32)27(38)20-10-11-22(30(3,4)5)24(14-20)40-9/h10-14,17-19,21,26H,15-16H2,1-9H3/t21-,26-,32?/m1/s1. The van der Waals surface area contributed by atoms with Crippen LogP contribution in [0.2, 0.25) is 4.47 Å². The molecule has 8 nitrogen and oxygen atoms in total. The highest BCUT2D eigenvalue weighted by molar-refractivity contribution is 7.15. The van der Waals surface area contributed by atoms with Crippen molar-refractivity contribution in [3.05, 3.63) is 69.2 Å².